The molecule has 1 radical (unpaired) electrons. The van der Waals surface area contributed by atoms with Gasteiger partial charge in [0.2, 0.25) is 0 Å². The Morgan fingerprint density at radius 3 is 1.64 bits per heavy atom. The molecule has 0 aliphatic carbocycles. The first-order valence-electron chi connectivity index (χ1n) is 2.60. The van der Waals surface area contributed by atoms with E-state index >= 15 is 0 Å². The summed E-state index contributed by atoms with van der Waals surface area (Å²) in [6.07, 6.45) is 0. The van der Waals surface area contributed by atoms with Gasteiger partial charge in [0, 0.05) is 13.1 Å². The van der Waals surface area contributed by atoms with Crippen LogP contribution in [0.15, 0.2) is 0 Å². The molecule has 0 aromatic heterocycles. The maximum absolute atomic E-state index is 9.83. The van der Waals surface area contributed by atoms with Gasteiger partial charge in [-0.1, -0.05) is 0 Å². The second kappa shape index (κ2) is 6.15. The van der Waals surface area contributed by atoms with Crippen LogP contribution in [-0.4, -0.2) is 37.0 Å². The zero-order valence-corrected chi connectivity index (χ0v) is 6.95. The number of carboxylic acid groups (broad SMARTS) is 2. The minimum atomic E-state index is -1.30. The maximum atomic E-state index is 9.83. The van der Waals surface area contributed by atoms with E-state index in [1.54, 1.807) is 0 Å². The van der Waals surface area contributed by atoms with Gasteiger partial charge in [-0.05, 0) is 7.05 Å². The Balaban J connectivity index is 0. The molecule has 0 heterocycles. The van der Waals surface area contributed by atoms with Crippen molar-refractivity contribution >= 4 is 11.9 Å². The Morgan fingerprint density at radius 1 is 1.18 bits per heavy atom. The predicted molar refractivity (Wildman–Crippen MR) is 27.5 cm³/mol. The van der Waals surface area contributed by atoms with Crippen LogP contribution in [0, 0.1) is 0 Å². The van der Waals surface area contributed by atoms with Crippen molar-refractivity contribution < 1.29 is 36.9 Å². The Kier molecular flexibility index (Phi) is 7.29. The third-order valence-electron chi connectivity index (χ3n) is 0.798. The Labute approximate surface area is 74.5 Å². The van der Waals surface area contributed by atoms with Gasteiger partial charge in [0.1, 0.15) is 0 Å². The summed E-state index contributed by atoms with van der Waals surface area (Å²) in [5, 5.41) is 19.7. The van der Waals surface area contributed by atoms with Crippen molar-refractivity contribution in [2.24, 2.45) is 0 Å². The third kappa shape index (κ3) is 9.42. The molecule has 0 bridgehead atoms. The summed E-state index contributed by atoms with van der Waals surface area (Å²) in [6, 6.07) is 0. The second-order valence-electron chi connectivity index (χ2n) is 1.92. The van der Waals surface area contributed by atoms with Crippen LogP contribution >= 0.6 is 0 Å². The van der Waals surface area contributed by atoms with E-state index in [1.165, 1.54) is 7.05 Å². The van der Waals surface area contributed by atoms with Crippen molar-refractivity contribution in [1.82, 2.24) is 4.90 Å². The number of carbonyl (C=O) groups excluding carboxylic acids is 2. The van der Waals surface area contributed by atoms with E-state index in [0.29, 0.717) is 0 Å². The number of nitrogens with zero attached hydrogens (tertiary/aromatic N) is 1. The molecule has 0 fully saturated rings. The fraction of sp³-hybridized carbons (Fsp3) is 0.600. The molecule has 0 aromatic rings. The van der Waals surface area contributed by atoms with Crippen molar-refractivity contribution in [1.29, 1.82) is 0 Å². The molecule has 0 atom stereocenters. The summed E-state index contributed by atoms with van der Waals surface area (Å²) in [6.45, 7) is -0.790. The molecule has 63 valence electrons. The van der Waals surface area contributed by atoms with E-state index in [-0.39, 0.29) is 17.1 Å². The van der Waals surface area contributed by atoms with Crippen molar-refractivity contribution in [3.05, 3.63) is 0 Å². The number of carboxylic acids is 2. The summed E-state index contributed by atoms with van der Waals surface area (Å²) in [5.41, 5.74) is 0. The first-order valence-corrected chi connectivity index (χ1v) is 2.60. The number of hydrogen-bond acceptors (Lipinski definition) is 5. The molecule has 0 rings (SSSR count). The van der Waals surface area contributed by atoms with Crippen molar-refractivity contribution in [2.45, 2.75) is 0 Å². The Hall–Kier alpha value is -0.581. The minimum absolute atomic E-state index is 0. The van der Waals surface area contributed by atoms with E-state index < -0.39 is 25.0 Å². The molecule has 0 aliphatic rings. The molecular formula is C5H7FeNO4+. The van der Waals surface area contributed by atoms with Gasteiger partial charge in [0.25, 0.3) is 0 Å². The fourth-order valence-corrected chi connectivity index (χ4v) is 0.497. The average molecular weight is 201 g/mol. The normalized spacial score (nSPS) is 8.91. The van der Waals surface area contributed by atoms with Crippen LogP contribution in [-0.2, 0) is 26.7 Å². The summed E-state index contributed by atoms with van der Waals surface area (Å²) >= 11 is 0. The van der Waals surface area contributed by atoms with Gasteiger partial charge in [-0.25, -0.2) is 0 Å². The van der Waals surface area contributed by atoms with Gasteiger partial charge in [0.15, 0.2) is 0 Å². The monoisotopic (exact) mass is 201 g/mol. The van der Waals surface area contributed by atoms with Gasteiger partial charge in [-0.2, -0.15) is 0 Å². The van der Waals surface area contributed by atoms with Crippen LogP contribution in [0.25, 0.3) is 0 Å². The van der Waals surface area contributed by atoms with Crippen LogP contribution in [0.1, 0.15) is 0 Å². The third-order valence-corrected chi connectivity index (χ3v) is 0.798. The molecule has 0 saturated heterocycles. The van der Waals surface area contributed by atoms with Gasteiger partial charge in [-0.3, -0.25) is 4.90 Å². The standard InChI is InChI=1S/C5H9NO4.Fe/c1-6(2-4(7)8)3-5(9)10;/h2-3H2,1H3,(H,7,8)(H,9,10);/q;+3/p-2. The van der Waals surface area contributed by atoms with E-state index in [4.69, 9.17) is 0 Å². The second-order valence-corrected chi connectivity index (χ2v) is 1.92. The van der Waals surface area contributed by atoms with Crippen LogP contribution in [0.3, 0.4) is 0 Å². The molecule has 0 amide bonds. The minimum Gasteiger partial charge on any atom is -0.549 e. The molecule has 0 aromatic carbocycles. The van der Waals surface area contributed by atoms with Crippen LogP contribution < -0.4 is 10.2 Å². The van der Waals surface area contributed by atoms with Gasteiger partial charge >= 0.3 is 17.1 Å². The van der Waals surface area contributed by atoms with E-state index in [9.17, 15) is 19.8 Å². The zero-order chi connectivity index (χ0) is 8.15. The average Bonchev–Trinajstić information content (AvgIpc) is 1.58. The van der Waals surface area contributed by atoms with E-state index in [1.807, 2.05) is 0 Å². The summed E-state index contributed by atoms with van der Waals surface area (Å²) in [5.74, 6) is -2.60. The Morgan fingerprint density at radius 2 is 1.45 bits per heavy atom. The topological polar surface area (TPSA) is 83.5 Å². The van der Waals surface area contributed by atoms with Crippen molar-refractivity contribution in [2.75, 3.05) is 20.1 Å². The molecule has 5 nitrogen and oxygen atoms in total. The maximum Gasteiger partial charge on any atom is 3.00 e. The molecule has 0 unspecified atom stereocenters. The molecule has 0 N–H and O–H groups in total. The number of hydrogen-bond donors (Lipinski definition) is 0. The van der Waals surface area contributed by atoms with Gasteiger partial charge in [-0.15, -0.1) is 0 Å². The van der Waals surface area contributed by atoms with Gasteiger partial charge < -0.3 is 19.8 Å². The number of carbonyl (C=O) groups is 2. The molecule has 6 heteroatoms. The van der Waals surface area contributed by atoms with E-state index in [0.717, 1.165) is 4.90 Å². The summed E-state index contributed by atoms with van der Waals surface area (Å²) in [4.78, 5) is 20.7. The quantitative estimate of drug-likeness (QED) is 0.439. The molecule has 11 heavy (non-hydrogen) atoms. The number of aliphatic carboxylic acids is 2. The number of likely N-dealkylation sites (N-methyl/N-ethyl adjacent to an activating group) is 1. The fourth-order valence-electron chi connectivity index (χ4n) is 0.497. The van der Waals surface area contributed by atoms with Gasteiger partial charge in [0.05, 0.1) is 11.9 Å². The SMILES string of the molecule is CN(CC(=O)[O-])CC(=O)[O-].[Fe+3]. The largest absolute Gasteiger partial charge is 3.00 e. The van der Waals surface area contributed by atoms with Crippen LogP contribution in [0.5, 0.6) is 0 Å². The molecular weight excluding hydrogens is 194 g/mol. The van der Waals surface area contributed by atoms with E-state index in [2.05, 4.69) is 0 Å². The van der Waals surface area contributed by atoms with Crippen LogP contribution in [0.4, 0.5) is 0 Å². The van der Waals surface area contributed by atoms with Crippen molar-refractivity contribution in [3.8, 4) is 0 Å². The van der Waals surface area contributed by atoms with Crippen LogP contribution in [0.2, 0.25) is 0 Å². The number of rotatable bonds is 4. The zero-order valence-electron chi connectivity index (χ0n) is 5.85. The smallest absolute Gasteiger partial charge is 0.549 e. The predicted octanol–water partition coefficient (Wildman–Crippen LogP) is -3.58. The van der Waals surface area contributed by atoms with Crippen molar-refractivity contribution in [3.63, 3.8) is 0 Å². The Bertz CT molecular complexity index is 133. The molecule has 0 spiro atoms. The summed E-state index contributed by atoms with van der Waals surface area (Å²) in [7, 11) is 1.35. The molecule has 0 saturated carbocycles. The first-order chi connectivity index (χ1) is 4.52. The molecule has 0 aliphatic heterocycles. The first kappa shape index (κ1) is 13.0. The summed E-state index contributed by atoms with van der Waals surface area (Å²) < 4.78 is 0.